The maximum Gasteiger partial charge on any atom is 0.0721 e. The van der Waals surface area contributed by atoms with Crippen LogP contribution >= 0.6 is 0 Å². The fourth-order valence-electron chi connectivity index (χ4n) is 2.51. The van der Waals surface area contributed by atoms with Gasteiger partial charge in [-0.25, -0.2) is 0 Å². The average Bonchev–Trinajstić information content (AvgIpc) is 2.65. The molecule has 2 nitrogen and oxygen atoms in total. The molecule has 0 heterocycles. The van der Waals surface area contributed by atoms with Gasteiger partial charge in [-0.15, -0.1) is 12.3 Å². The summed E-state index contributed by atoms with van der Waals surface area (Å²) in [7, 11) is 0. The van der Waals surface area contributed by atoms with Crippen molar-refractivity contribution >= 4 is 0 Å². The van der Waals surface area contributed by atoms with Gasteiger partial charge in [-0.1, -0.05) is 60.7 Å². The molecule has 2 rings (SSSR count). The third-order valence-electron chi connectivity index (χ3n) is 4.02. The molecule has 24 heavy (non-hydrogen) atoms. The van der Waals surface area contributed by atoms with Crippen LogP contribution in [0.15, 0.2) is 60.7 Å². The highest BCUT2D eigenvalue weighted by molar-refractivity contribution is 5.14. The predicted molar refractivity (Wildman–Crippen MR) is 98.3 cm³/mol. The Kier molecular flexibility index (Phi) is 8.10. The molecule has 0 aliphatic carbocycles. The summed E-state index contributed by atoms with van der Waals surface area (Å²) >= 11 is 0. The van der Waals surface area contributed by atoms with Crippen molar-refractivity contribution in [2.45, 2.75) is 39.1 Å². The Balaban J connectivity index is 1.70. The second-order valence-corrected chi connectivity index (χ2v) is 5.97. The highest BCUT2D eigenvalue weighted by Gasteiger charge is 2.15. The first-order chi connectivity index (χ1) is 11.8. The molecule has 0 fully saturated rings. The lowest BCUT2D eigenvalue weighted by atomic mass is 10.0. The summed E-state index contributed by atoms with van der Waals surface area (Å²) < 4.78 is 11.8. The van der Waals surface area contributed by atoms with Crippen LogP contribution in [0, 0.1) is 18.3 Å². The highest BCUT2D eigenvalue weighted by Crippen LogP contribution is 2.16. The summed E-state index contributed by atoms with van der Waals surface area (Å²) in [4.78, 5) is 0. The van der Waals surface area contributed by atoms with Gasteiger partial charge in [-0.2, -0.15) is 0 Å². The summed E-state index contributed by atoms with van der Waals surface area (Å²) in [6.45, 7) is 4.02. The number of terminal acetylenes is 1. The van der Waals surface area contributed by atoms with Gasteiger partial charge in [0.2, 0.25) is 0 Å². The zero-order valence-corrected chi connectivity index (χ0v) is 14.4. The van der Waals surface area contributed by atoms with E-state index in [1.165, 1.54) is 11.1 Å². The van der Waals surface area contributed by atoms with Crippen LogP contribution in [0.25, 0.3) is 0 Å². The van der Waals surface area contributed by atoms with Gasteiger partial charge in [0.05, 0.1) is 19.3 Å². The van der Waals surface area contributed by atoms with E-state index in [0.29, 0.717) is 13.2 Å². The first-order valence-corrected chi connectivity index (χ1v) is 8.53. The van der Waals surface area contributed by atoms with Gasteiger partial charge in [0.15, 0.2) is 0 Å². The molecule has 0 aromatic heterocycles. The molecule has 0 amide bonds. The fraction of sp³-hybridized carbons (Fsp3) is 0.364. The van der Waals surface area contributed by atoms with E-state index in [1.54, 1.807) is 0 Å². The molecule has 0 unspecified atom stereocenters. The van der Waals surface area contributed by atoms with Crippen molar-refractivity contribution in [2.24, 2.45) is 5.92 Å². The smallest absolute Gasteiger partial charge is 0.0721 e. The topological polar surface area (TPSA) is 18.5 Å². The van der Waals surface area contributed by atoms with Gasteiger partial charge in [-0.3, -0.25) is 0 Å². The summed E-state index contributed by atoms with van der Waals surface area (Å²) in [5.74, 6) is 2.90. The Morgan fingerprint density at radius 1 is 0.917 bits per heavy atom. The van der Waals surface area contributed by atoms with Crippen LogP contribution in [0.2, 0.25) is 0 Å². The van der Waals surface area contributed by atoms with E-state index in [0.717, 1.165) is 19.4 Å². The van der Waals surface area contributed by atoms with Gasteiger partial charge in [0.25, 0.3) is 0 Å². The molecule has 2 aromatic carbocycles. The van der Waals surface area contributed by atoms with Crippen LogP contribution < -0.4 is 0 Å². The summed E-state index contributed by atoms with van der Waals surface area (Å²) in [5, 5.41) is 0. The van der Waals surface area contributed by atoms with Gasteiger partial charge in [0.1, 0.15) is 0 Å². The largest absolute Gasteiger partial charge is 0.377 e. The van der Waals surface area contributed by atoms with Crippen molar-refractivity contribution in [2.75, 3.05) is 6.61 Å². The molecular formula is C22H26O2. The third-order valence-corrected chi connectivity index (χ3v) is 4.02. The van der Waals surface area contributed by atoms with E-state index in [4.69, 9.17) is 15.9 Å². The Bertz CT molecular complexity index is 601. The molecule has 2 aromatic rings. The predicted octanol–water partition coefficient (Wildman–Crippen LogP) is 4.84. The zero-order chi connectivity index (χ0) is 17.0. The second-order valence-electron chi connectivity index (χ2n) is 5.97. The average molecular weight is 322 g/mol. The normalized spacial score (nSPS) is 13.2. The lowest BCUT2D eigenvalue weighted by Gasteiger charge is -2.21. The van der Waals surface area contributed by atoms with E-state index in [1.807, 2.05) is 43.3 Å². The van der Waals surface area contributed by atoms with Gasteiger partial charge in [-0.05, 0) is 30.9 Å². The molecule has 0 aliphatic heterocycles. The number of benzene rings is 2. The van der Waals surface area contributed by atoms with E-state index in [-0.39, 0.29) is 12.0 Å². The van der Waals surface area contributed by atoms with Crippen LogP contribution in [0.1, 0.15) is 30.9 Å². The lowest BCUT2D eigenvalue weighted by Crippen LogP contribution is -2.21. The minimum atomic E-state index is 0.0653. The van der Waals surface area contributed by atoms with Crippen LogP contribution in [-0.2, 0) is 22.7 Å². The maximum absolute atomic E-state index is 6.05. The molecule has 2 atom stereocenters. The van der Waals surface area contributed by atoms with Crippen LogP contribution in [-0.4, -0.2) is 12.7 Å². The Labute approximate surface area is 145 Å². The van der Waals surface area contributed by atoms with E-state index in [9.17, 15) is 0 Å². The van der Waals surface area contributed by atoms with E-state index < -0.39 is 0 Å². The molecule has 0 radical (unpaired) electrons. The molecule has 126 valence electrons. The van der Waals surface area contributed by atoms with E-state index >= 15 is 0 Å². The first kappa shape index (κ1) is 18.3. The number of rotatable bonds is 10. The molecule has 0 spiro atoms. The Morgan fingerprint density at radius 2 is 1.50 bits per heavy atom. The highest BCUT2D eigenvalue weighted by atomic mass is 16.5. The molecule has 0 saturated carbocycles. The van der Waals surface area contributed by atoms with Crippen molar-refractivity contribution in [3.8, 4) is 12.3 Å². The minimum Gasteiger partial charge on any atom is -0.377 e. The second kappa shape index (κ2) is 10.6. The van der Waals surface area contributed by atoms with Crippen molar-refractivity contribution in [3.63, 3.8) is 0 Å². The number of hydrogen-bond acceptors (Lipinski definition) is 2. The number of ether oxygens (including phenoxy) is 2. The van der Waals surface area contributed by atoms with Crippen LogP contribution in [0.4, 0.5) is 0 Å². The van der Waals surface area contributed by atoms with Crippen molar-refractivity contribution < 1.29 is 9.47 Å². The summed E-state index contributed by atoms with van der Waals surface area (Å²) in [6.07, 6.45) is 7.50. The number of hydrogen-bond donors (Lipinski definition) is 0. The minimum absolute atomic E-state index is 0.0653. The standard InChI is InChI=1S/C22H26O2/c1-3-19(2)22(24-18-21-13-8-5-9-14-21)15-10-16-23-17-20-11-6-4-7-12-20/h1,4-9,11-14,19,22H,10,15-18H2,2H3/t19-,22+/m0/s1. The van der Waals surface area contributed by atoms with Crippen LogP contribution in [0.5, 0.6) is 0 Å². The zero-order valence-electron chi connectivity index (χ0n) is 14.4. The Morgan fingerprint density at radius 3 is 2.08 bits per heavy atom. The maximum atomic E-state index is 6.05. The van der Waals surface area contributed by atoms with Crippen molar-refractivity contribution in [1.29, 1.82) is 0 Å². The lowest BCUT2D eigenvalue weighted by molar-refractivity contribution is 0.00669. The van der Waals surface area contributed by atoms with Gasteiger partial charge in [0, 0.05) is 12.5 Å². The molecule has 2 heteroatoms. The molecule has 0 saturated heterocycles. The molecule has 0 bridgehead atoms. The molecular weight excluding hydrogens is 296 g/mol. The summed E-state index contributed by atoms with van der Waals surface area (Å²) in [6, 6.07) is 20.4. The monoisotopic (exact) mass is 322 g/mol. The van der Waals surface area contributed by atoms with Crippen LogP contribution in [0.3, 0.4) is 0 Å². The Hall–Kier alpha value is -2.08. The molecule has 0 aliphatic rings. The quantitative estimate of drug-likeness (QED) is 0.460. The summed E-state index contributed by atoms with van der Waals surface area (Å²) in [5.41, 5.74) is 2.37. The SMILES string of the molecule is C#C[C@H](C)[C@@H](CCCOCc1ccccc1)OCc1ccccc1. The fourth-order valence-corrected chi connectivity index (χ4v) is 2.51. The molecule has 0 N–H and O–H groups in total. The van der Waals surface area contributed by atoms with Crippen molar-refractivity contribution in [1.82, 2.24) is 0 Å². The first-order valence-electron chi connectivity index (χ1n) is 8.53. The van der Waals surface area contributed by atoms with Gasteiger partial charge >= 0.3 is 0 Å². The van der Waals surface area contributed by atoms with E-state index in [2.05, 4.69) is 30.2 Å². The van der Waals surface area contributed by atoms with Gasteiger partial charge < -0.3 is 9.47 Å². The van der Waals surface area contributed by atoms with Crippen molar-refractivity contribution in [3.05, 3.63) is 71.8 Å². The third kappa shape index (κ3) is 6.58.